The first-order valence-corrected chi connectivity index (χ1v) is 16.0. The van der Waals surface area contributed by atoms with Crippen LogP contribution in [-0.2, 0) is 9.84 Å². The standard InChI is InChI=1S/C23H19FN6O2S.C10H5ClFNO/c1-13(29-23-18(11-25)22(26)27-12-28-23)17-9-14-7-8-15(24)10-19(14)30-21(17)16-5-3-4-6-20(16)33(2,31)32;11-10-7(5-14)3-6-1-2-8(12)4-9(6)13-10/h3-10,12-13H,1-2H3,(H3,26,27,28,29);1-5H. The van der Waals surface area contributed by atoms with Gasteiger partial charge in [0.15, 0.2) is 16.1 Å². The van der Waals surface area contributed by atoms with Gasteiger partial charge in [-0.2, -0.15) is 5.26 Å². The van der Waals surface area contributed by atoms with E-state index in [0.29, 0.717) is 50.5 Å². The summed E-state index contributed by atoms with van der Waals surface area (Å²) in [5.74, 6) is -0.553. The molecule has 3 N–H and O–H groups in total. The molecule has 0 aliphatic carbocycles. The number of carbonyl (C=O) groups excluding carboxylic acids is 1. The second kappa shape index (κ2) is 13.4. The molecule has 1 unspecified atom stereocenters. The highest BCUT2D eigenvalue weighted by Crippen LogP contribution is 2.35. The first-order valence-electron chi connectivity index (χ1n) is 13.8. The zero-order valence-corrected chi connectivity index (χ0v) is 26.3. The molecule has 0 saturated carbocycles. The zero-order valence-electron chi connectivity index (χ0n) is 24.7. The molecule has 6 rings (SSSR count). The number of rotatable bonds is 6. The topological polar surface area (TPSA) is 165 Å². The second-order valence-electron chi connectivity index (χ2n) is 10.3. The van der Waals surface area contributed by atoms with Crippen LogP contribution in [0.5, 0.6) is 0 Å². The molecule has 0 aliphatic heterocycles. The molecule has 6 aromatic rings. The van der Waals surface area contributed by atoms with Crippen LogP contribution in [0.3, 0.4) is 0 Å². The van der Waals surface area contributed by atoms with Crippen molar-refractivity contribution in [3.63, 3.8) is 0 Å². The van der Waals surface area contributed by atoms with E-state index in [9.17, 15) is 27.3 Å². The molecule has 236 valence electrons. The Bertz CT molecular complexity index is 2330. The third kappa shape index (κ3) is 7.14. The van der Waals surface area contributed by atoms with Gasteiger partial charge in [-0.25, -0.2) is 37.1 Å². The number of nitrogens with one attached hydrogen (secondary N) is 1. The second-order valence-corrected chi connectivity index (χ2v) is 12.7. The fourth-order valence-electron chi connectivity index (χ4n) is 4.81. The number of anilines is 2. The molecule has 0 saturated heterocycles. The van der Waals surface area contributed by atoms with Crippen LogP contribution in [0.1, 0.15) is 34.5 Å². The minimum absolute atomic E-state index is 0.0388. The van der Waals surface area contributed by atoms with Crippen LogP contribution in [0.4, 0.5) is 20.4 Å². The van der Waals surface area contributed by atoms with Gasteiger partial charge < -0.3 is 11.1 Å². The molecule has 0 amide bonds. The van der Waals surface area contributed by atoms with E-state index in [0.717, 1.165) is 6.26 Å². The number of benzene rings is 3. The minimum atomic E-state index is -3.58. The summed E-state index contributed by atoms with van der Waals surface area (Å²) in [6.07, 6.45) is 2.99. The predicted molar refractivity (Wildman–Crippen MR) is 176 cm³/mol. The normalized spacial score (nSPS) is 11.7. The quantitative estimate of drug-likeness (QED) is 0.144. The smallest absolute Gasteiger partial charge is 0.176 e. The van der Waals surface area contributed by atoms with E-state index in [2.05, 4.69) is 25.3 Å². The zero-order chi connectivity index (χ0) is 33.9. The van der Waals surface area contributed by atoms with E-state index in [4.69, 9.17) is 17.3 Å². The molecule has 0 aliphatic rings. The molecule has 47 heavy (non-hydrogen) atoms. The number of halogens is 3. The number of sulfone groups is 1. The minimum Gasteiger partial charge on any atom is -0.382 e. The van der Waals surface area contributed by atoms with Gasteiger partial charge in [0.25, 0.3) is 0 Å². The Balaban J connectivity index is 0.000000257. The van der Waals surface area contributed by atoms with Crippen LogP contribution in [0.25, 0.3) is 33.1 Å². The van der Waals surface area contributed by atoms with E-state index in [1.54, 1.807) is 36.4 Å². The predicted octanol–water partition coefficient (Wildman–Crippen LogP) is 6.70. The molecule has 0 radical (unpaired) electrons. The Kier molecular flexibility index (Phi) is 9.36. The maximum atomic E-state index is 13.9. The number of aldehydes is 1. The number of hydrogen-bond acceptors (Lipinski definition) is 10. The number of fused-ring (bicyclic) bond motifs is 2. The monoisotopic (exact) mass is 671 g/mol. The van der Waals surface area contributed by atoms with Crippen LogP contribution in [0.15, 0.2) is 84.0 Å². The van der Waals surface area contributed by atoms with Crippen molar-refractivity contribution in [3.8, 4) is 17.3 Å². The molecule has 14 heteroatoms. The van der Waals surface area contributed by atoms with Crippen LogP contribution in [0.2, 0.25) is 5.15 Å². The molecule has 3 heterocycles. The summed E-state index contributed by atoms with van der Waals surface area (Å²) in [5.41, 5.74) is 8.42. The van der Waals surface area contributed by atoms with Gasteiger partial charge in [0.05, 0.1) is 33.2 Å². The molecular weight excluding hydrogens is 648 g/mol. The lowest BCUT2D eigenvalue weighted by atomic mass is 9.98. The van der Waals surface area contributed by atoms with Gasteiger partial charge >= 0.3 is 0 Å². The van der Waals surface area contributed by atoms with Crippen LogP contribution in [0, 0.1) is 23.0 Å². The number of nitrogens with two attached hydrogens (primary N) is 1. The van der Waals surface area contributed by atoms with Crippen molar-refractivity contribution in [2.24, 2.45) is 0 Å². The van der Waals surface area contributed by atoms with Crippen LogP contribution >= 0.6 is 11.6 Å². The largest absolute Gasteiger partial charge is 0.382 e. The fourth-order valence-corrected chi connectivity index (χ4v) is 5.89. The van der Waals surface area contributed by atoms with E-state index >= 15 is 0 Å². The van der Waals surface area contributed by atoms with E-state index in [1.807, 2.05) is 19.1 Å². The SMILES string of the molecule is CC(Nc1ncnc(N)c1C#N)c1cc2ccc(F)cc2nc1-c1ccccc1S(C)(=O)=O.O=Cc1cc2ccc(F)cc2nc1Cl. The molecule has 10 nitrogen and oxygen atoms in total. The summed E-state index contributed by atoms with van der Waals surface area (Å²) in [6, 6.07) is 19.8. The number of nitrogens with zero attached hydrogens (tertiary/aromatic N) is 5. The Hall–Kier alpha value is -5.58. The molecule has 3 aromatic carbocycles. The summed E-state index contributed by atoms with van der Waals surface area (Å²) in [6.45, 7) is 1.82. The van der Waals surface area contributed by atoms with Crippen molar-refractivity contribution in [2.45, 2.75) is 17.9 Å². The van der Waals surface area contributed by atoms with Crippen molar-refractivity contribution in [3.05, 3.63) is 113 Å². The molecule has 0 spiro atoms. The Morgan fingerprint density at radius 2 is 1.60 bits per heavy atom. The third-order valence-electron chi connectivity index (χ3n) is 7.05. The maximum Gasteiger partial charge on any atom is 0.176 e. The highest BCUT2D eigenvalue weighted by atomic mass is 35.5. The number of pyridine rings is 2. The number of aromatic nitrogens is 4. The van der Waals surface area contributed by atoms with Crippen molar-refractivity contribution in [1.29, 1.82) is 5.26 Å². The lowest BCUT2D eigenvalue weighted by Gasteiger charge is -2.21. The highest BCUT2D eigenvalue weighted by molar-refractivity contribution is 7.90. The Morgan fingerprint density at radius 1 is 0.957 bits per heavy atom. The van der Waals surface area contributed by atoms with Crippen molar-refractivity contribution in [1.82, 2.24) is 19.9 Å². The van der Waals surface area contributed by atoms with Gasteiger partial charge in [-0.1, -0.05) is 29.8 Å². The third-order valence-corrected chi connectivity index (χ3v) is 8.50. The van der Waals surface area contributed by atoms with Crippen molar-refractivity contribution < 1.29 is 22.0 Å². The molecule has 0 fully saturated rings. The molecular formula is C33H24ClF2N7O3S. The maximum absolute atomic E-state index is 13.9. The summed E-state index contributed by atoms with van der Waals surface area (Å²) in [4.78, 5) is 27.1. The van der Waals surface area contributed by atoms with Gasteiger partial charge in [0.1, 0.15) is 46.4 Å². The first-order chi connectivity index (χ1) is 22.4. The average Bonchev–Trinajstić information content (AvgIpc) is 3.03. The van der Waals surface area contributed by atoms with Crippen LogP contribution in [-0.4, -0.2) is 40.9 Å². The van der Waals surface area contributed by atoms with E-state index in [1.165, 1.54) is 36.7 Å². The number of nitriles is 1. The molecule has 1 atom stereocenters. The van der Waals surface area contributed by atoms with E-state index in [-0.39, 0.29) is 33.1 Å². The lowest BCUT2D eigenvalue weighted by molar-refractivity contribution is 0.112. The summed E-state index contributed by atoms with van der Waals surface area (Å²) < 4.78 is 51.6. The lowest BCUT2D eigenvalue weighted by Crippen LogP contribution is -2.13. The van der Waals surface area contributed by atoms with E-state index < -0.39 is 21.7 Å². The summed E-state index contributed by atoms with van der Waals surface area (Å²) >= 11 is 5.69. The molecule has 3 aromatic heterocycles. The van der Waals surface area contributed by atoms with Gasteiger partial charge in [-0.3, -0.25) is 4.79 Å². The van der Waals surface area contributed by atoms with Gasteiger partial charge in [-0.15, -0.1) is 0 Å². The van der Waals surface area contributed by atoms with Crippen LogP contribution < -0.4 is 11.1 Å². The highest BCUT2D eigenvalue weighted by Gasteiger charge is 2.22. The first kappa shape index (κ1) is 32.8. The summed E-state index contributed by atoms with van der Waals surface area (Å²) in [7, 11) is -3.58. The Labute approximate surface area is 272 Å². The fraction of sp³-hybridized carbons (Fsp3) is 0.0909. The Morgan fingerprint density at radius 3 is 2.23 bits per heavy atom. The van der Waals surface area contributed by atoms with Gasteiger partial charge in [-0.05, 0) is 49.4 Å². The van der Waals surface area contributed by atoms with Gasteiger partial charge in [0, 0.05) is 40.3 Å². The van der Waals surface area contributed by atoms with Crippen molar-refractivity contribution >= 4 is 61.2 Å². The molecule has 0 bridgehead atoms. The number of carbonyl (C=O) groups is 1. The number of hydrogen-bond donors (Lipinski definition) is 2. The average molecular weight is 672 g/mol. The summed E-state index contributed by atoms with van der Waals surface area (Å²) in [5, 5.41) is 14.0. The number of nitrogen functional groups attached to an aromatic ring is 1. The van der Waals surface area contributed by atoms with Crippen molar-refractivity contribution in [2.75, 3.05) is 17.3 Å². The van der Waals surface area contributed by atoms with Gasteiger partial charge in [0.2, 0.25) is 0 Å².